The van der Waals surface area contributed by atoms with Crippen LogP contribution in [0.5, 0.6) is 0 Å². The molecule has 1 atom stereocenters. The van der Waals surface area contributed by atoms with Gasteiger partial charge in [-0.25, -0.2) is 4.79 Å². The molecule has 1 saturated heterocycles. The van der Waals surface area contributed by atoms with Gasteiger partial charge in [0.25, 0.3) is 0 Å². The summed E-state index contributed by atoms with van der Waals surface area (Å²) in [6, 6.07) is 5.45. The van der Waals surface area contributed by atoms with Crippen LogP contribution in [0.25, 0.3) is 6.08 Å². The van der Waals surface area contributed by atoms with Crippen molar-refractivity contribution in [3.05, 3.63) is 54.3 Å². The van der Waals surface area contributed by atoms with Crippen molar-refractivity contribution in [3.8, 4) is 0 Å². The zero-order valence-corrected chi connectivity index (χ0v) is 19.2. The number of amides is 3. The van der Waals surface area contributed by atoms with Crippen LogP contribution in [0, 0.1) is 0 Å². The van der Waals surface area contributed by atoms with Crippen LogP contribution < -0.4 is 9.80 Å². The number of benzene rings is 1. The molecule has 2 aliphatic heterocycles. The molecule has 1 aromatic carbocycles. The number of ether oxygens (including phenoxy) is 1. The third-order valence-electron chi connectivity index (χ3n) is 5.48. The molecular formula is C25H31N3O4. The first-order chi connectivity index (χ1) is 15.2. The summed E-state index contributed by atoms with van der Waals surface area (Å²) in [7, 11) is 0. The van der Waals surface area contributed by atoms with Gasteiger partial charge < -0.3 is 14.5 Å². The zero-order chi connectivity index (χ0) is 23.4. The molecule has 0 N–H and O–H groups in total. The van der Waals surface area contributed by atoms with Crippen molar-refractivity contribution in [2.75, 3.05) is 22.9 Å². The molecule has 0 unspecified atom stereocenters. The Morgan fingerprint density at radius 3 is 2.56 bits per heavy atom. The second kappa shape index (κ2) is 9.85. The number of carbonyl (C=O) groups is 3. The van der Waals surface area contributed by atoms with Crippen LogP contribution in [0.1, 0.15) is 46.1 Å². The maximum atomic E-state index is 12.7. The number of hydrogen-bond acceptors (Lipinski definition) is 4. The second-order valence-electron chi connectivity index (χ2n) is 8.33. The molecular weight excluding hydrogens is 406 g/mol. The third kappa shape index (κ3) is 4.93. The lowest BCUT2D eigenvalue weighted by Gasteiger charge is -2.40. The van der Waals surface area contributed by atoms with E-state index in [1.165, 1.54) is 6.92 Å². The van der Waals surface area contributed by atoms with Crippen molar-refractivity contribution in [3.63, 3.8) is 0 Å². The van der Waals surface area contributed by atoms with Gasteiger partial charge in [0.1, 0.15) is 0 Å². The highest BCUT2D eigenvalue weighted by molar-refractivity contribution is 6.02. The van der Waals surface area contributed by atoms with Gasteiger partial charge in [-0.2, -0.15) is 0 Å². The molecule has 170 valence electrons. The van der Waals surface area contributed by atoms with Crippen LogP contribution in [-0.2, 0) is 14.3 Å². The van der Waals surface area contributed by atoms with Gasteiger partial charge in [0, 0.05) is 32.1 Å². The monoisotopic (exact) mass is 437 g/mol. The fourth-order valence-corrected chi connectivity index (χ4v) is 4.11. The van der Waals surface area contributed by atoms with Gasteiger partial charge in [-0.15, -0.1) is 0 Å². The van der Waals surface area contributed by atoms with E-state index >= 15 is 0 Å². The molecule has 32 heavy (non-hydrogen) atoms. The summed E-state index contributed by atoms with van der Waals surface area (Å²) in [6.07, 6.45) is 8.02. The number of likely N-dealkylation sites (tertiary alicyclic amines) is 1. The van der Waals surface area contributed by atoms with E-state index in [0.717, 1.165) is 17.7 Å². The Bertz CT molecular complexity index is 979. The fourth-order valence-electron chi connectivity index (χ4n) is 4.11. The van der Waals surface area contributed by atoms with E-state index in [1.807, 2.05) is 57.2 Å². The lowest BCUT2D eigenvalue weighted by atomic mass is 10.0. The predicted molar refractivity (Wildman–Crippen MR) is 126 cm³/mol. The molecule has 1 aromatic rings. The average molecular weight is 438 g/mol. The number of allylic oxidation sites excluding steroid dienone is 3. The number of fused-ring (bicyclic) bond motifs is 1. The maximum Gasteiger partial charge on any atom is 0.414 e. The molecule has 1 fully saturated rings. The molecule has 2 heterocycles. The van der Waals surface area contributed by atoms with Crippen LogP contribution in [-0.4, -0.2) is 48.0 Å². The highest BCUT2D eigenvalue weighted by Crippen LogP contribution is 2.37. The Labute approximate surface area is 189 Å². The minimum atomic E-state index is -0.432. The van der Waals surface area contributed by atoms with Gasteiger partial charge >= 0.3 is 6.09 Å². The number of nitrogens with zero attached hydrogens (tertiary/aromatic N) is 3. The van der Waals surface area contributed by atoms with Crippen molar-refractivity contribution in [1.82, 2.24) is 4.90 Å². The standard InChI is InChI=1S/C25H31N3O4/c1-6-21(26-14-8-11-24(26)30)10-7-9-20-12-13-22-23(15-20)27(25(31)32-17(2)3)16-18(4)28(22)19(5)29/h6-7,9-10,12-13,15,17-18H,1,8,11,14,16H2,2-5H3/b9-7+,21-10+/t18-/m0/s1. The van der Waals surface area contributed by atoms with Gasteiger partial charge in [-0.05, 0) is 57.0 Å². The molecule has 7 nitrogen and oxygen atoms in total. The molecule has 0 radical (unpaired) electrons. The molecule has 3 amide bonds. The molecule has 7 heteroatoms. The number of hydrogen-bond donors (Lipinski definition) is 0. The van der Waals surface area contributed by atoms with E-state index in [1.54, 1.807) is 20.8 Å². The summed E-state index contributed by atoms with van der Waals surface area (Å²) in [5.74, 6) is 0.0313. The predicted octanol–water partition coefficient (Wildman–Crippen LogP) is 4.50. The molecule has 3 rings (SSSR count). The van der Waals surface area contributed by atoms with Crippen LogP contribution >= 0.6 is 0 Å². The SMILES string of the molecule is C=C/C(=C\C=C\c1ccc2c(c1)N(C(=O)OC(C)C)C[C@H](C)N2C(C)=O)N1CCCC1=O. The molecule has 0 bridgehead atoms. The summed E-state index contributed by atoms with van der Waals surface area (Å²) >= 11 is 0. The van der Waals surface area contributed by atoms with Gasteiger partial charge in [0.15, 0.2) is 0 Å². The molecule has 0 saturated carbocycles. The quantitative estimate of drug-likeness (QED) is 0.636. The topological polar surface area (TPSA) is 70.2 Å². The van der Waals surface area contributed by atoms with Gasteiger partial charge in [-0.1, -0.05) is 24.8 Å². The van der Waals surface area contributed by atoms with Gasteiger partial charge in [-0.3, -0.25) is 14.5 Å². The van der Waals surface area contributed by atoms with E-state index < -0.39 is 6.09 Å². The Morgan fingerprint density at radius 2 is 1.97 bits per heavy atom. The van der Waals surface area contributed by atoms with Gasteiger partial charge in [0.2, 0.25) is 11.8 Å². The Balaban J connectivity index is 1.93. The minimum Gasteiger partial charge on any atom is -0.446 e. The molecule has 0 aromatic heterocycles. The van der Waals surface area contributed by atoms with Crippen molar-refractivity contribution in [2.24, 2.45) is 0 Å². The van der Waals surface area contributed by atoms with Crippen molar-refractivity contribution in [1.29, 1.82) is 0 Å². The summed E-state index contributed by atoms with van der Waals surface area (Å²) in [5.41, 5.74) is 2.94. The summed E-state index contributed by atoms with van der Waals surface area (Å²) in [6.45, 7) is 11.9. The van der Waals surface area contributed by atoms with Crippen LogP contribution in [0.3, 0.4) is 0 Å². The van der Waals surface area contributed by atoms with Crippen LogP contribution in [0.15, 0.2) is 48.7 Å². The number of anilines is 2. The lowest BCUT2D eigenvalue weighted by molar-refractivity contribution is -0.125. The molecule has 0 aliphatic carbocycles. The summed E-state index contributed by atoms with van der Waals surface area (Å²) in [5, 5.41) is 0. The van der Waals surface area contributed by atoms with E-state index in [4.69, 9.17) is 4.74 Å². The summed E-state index contributed by atoms with van der Waals surface area (Å²) < 4.78 is 5.43. The smallest absolute Gasteiger partial charge is 0.414 e. The number of rotatable bonds is 5. The van der Waals surface area contributed by atoms with E-state index in [-0.39, 0.29) is 24.0 Å². The highest BCUT2D eigenvalue weighted by atomic mass is 16.6. The first-order valence-corrected chi connectivity index (χ1v) is 11.0. The second-order valence-corrected chi connectivity index (χ2v) is 8.33. The Hall–Kier alpha value is -3.35. The molecule has 0 spiro atoms. The van der Waals surface area contributed by atoms with Crippen molar-refractivity contribution in [2.45, 2.75) is 52.7 Å². The van der Waals surface area contributed by atoms with Crippen molar-refractivity contribution < 1.29 is 19.1 Å². The summed E-state index contributed by atoms with van der Waals surface area (Å²) in [4.78, 5) is 42.0. The maximum absolute atomic E-state index is 12.7. The first kappa shape index (κ1) is 23.3. The van der Waals surface area contributed by atoms with E-state index in [9.17, 15) is 14.4 Å². The number of carbonyl (C=O) groups excluding carboxylic acids is 3. The third-order valence-corrected chi connectivity index (χ3v) is 5.48. The zero-order valence-electron chi connectivity index (χ0n) is 19.2. The van der Waals surface area contributed by atoms with E-state index in [2.05, 4.69) is 6.58 Å². The molecule has 2 aliphatic rings. The Morgan fingerprint density at radius 1 is 1.22 bits per heavy atom. The fraction of sp³-hybridized carbons (Fsp3) is 0.400. The van der Waals surface area contributed by atoms with E-state index in [0.29, 0.717) is 30.9 Å². The first-order valence-electron chi connectivity index (χ1n) is 11.0. The van der Waals surface area contributed by atoms with Crippen LogP contribution in [0.2, 0.25) is 0 Å². The normalized spacial score (nSPS) is 19.0. The largest absolute Gasteiger partial charge is 0.446 e. The highest BCUT2D eigenvalue weighted by Gasteiger charge is 2.34. The van der Waals surface area contributed by atoms with Crippen LogP contribution in [0.4, 0.5) is 16.2 Å². The minimum absolute atomic E-state index is 0.0762. The Kier molecular flexibility index (Phi) is 7.18. The van der Waals surface area contributed by atoms with Crippen molar-refractivity contribution >= 4 is 35.4 Å². The lowest BCUT2D eigenvalue weighted by Crippen LogP contribution is -2.51. The average Bonchev–Trinajstić information content (AvgIpc) is 3.15. The van der Waals surface area contributed by atoms with Gasteiger partial charge in [0.05, 0.1) is 23.5 Å².